The van der Waals surface area contributed by atoms with Crippen LogP contribution in [0.5, 0.6) is 5.75 Å². The second kappa shape index (κ2) is 6.40. The zero-order valence-corrected chi connectivity index (χ0v) is 10.2. The molecule has 1 fully saturated rings. The summed E-state index contributed by atoms with van der Waals surface area (Å²) in [6.07, 6.45) is 7.19. The Morgan fingerprint density at radius 2 is 2.24 bits per heavy atom. The topological polar surface area (TPSA) is 34.1 Å². The highest BCUT2D eigenvalue weighted by molar-refractivity contribution is 5.42. The molecule has 0 bridgehead atoms. The molecule has 1 aliphatic heterocycles. The molecule has 1 N–H and O–H groups in total. The summed E-state index contributed by atoms with van der Waals surface area (Å²) in [5.41, 5.74) is 0.885. The molecule has 1 aromatic heterocycles. The van der Waals surface area contributed by atoms with Gasteiger partial charge in [-0.05, 0) is 56.5 Å². The highest BCUT2D eigenvalue weighted by Gasteiger charge is 2.12. The van der Waals surface area contributed by atoms with Crippen molar-refractivity contribution in [2.24, 2.45) is 5.92 Å². The van der Waals surface area contributed by atoms with Crippen LogP contribution in [0.15, 0.2) is 24.9 Å². The van der Waals surface area contributed by atoms with Gasteiger partial charge < -0.3 is 10.1 Å². The van der Waals surface area contributed by atoms with Gasteiger partial charge in [0.2, 0.25) is 0 Å². The monoisotopic (exact) mass is 232 g/mol. The summed E-state index contributed by atoms with van der Waals surface area (Å²) in [6, 6.07) is 3.87. The standard InChI is InChI=1S/C14H20N2O/c1-2-13-3-4-14(11-16-13)17-10-7-12-5-8-15-9-6-12/h2-4,11-12,15H,1,5-10H2. The summed E-state index contributed by atoms with van der Waals surface area (Å²) in [5, 5.41) is 3.38. The maximum absolute atomic E-state index is 5.69. The number of ether oxygens (including phenoxy) is 1. The molecule has 0 saturated carbocycles. The smallest absolute Gasteiger partial charge is 0.137 e. The number of piperidine rings is 1. The molecule has 0 spiro atoms. The Kier molecular flexibility index (Phi) is 4.56. The van der Waals surface area contributed by atoms with Crippen LogP contribution in [0.1, 0.15) is 25.0 Å². The maximum Gasteiger partial charge on any atom is 0.137 e. The molecule has 3 heteroatoms. The number of nitrogens with one attached hydrogen (secondary N) is 1. The molecule has 0 aliphatic carbocycles. The van der Waals surface area contributed by atoms with Gasteiger partial charge in [0.1, 0.15) is 5.75 Å². The first kappa shape index (κ1) is 12.1. The van der Waals surface area contributed by atoms with Crippen LogP contribution in [0.2, 0.25) is 0 Å². The fourth-order valence-electron chi connectivity index (χ4n) is 2.11. The molecule has 1 aliphatic rings. The normalized spacial score (nSPS) is 16.7. The highest BCUT2D eigenvalue weighted by Crippen LogP contribution is 2.17. The minimum absolute atomic E-state index is 0.791. The first-order chi connectivity index (χ1) is 8.38. The number of rotatable bonds is 5. The van der Waals surface area contributed by atoms with Crippen molar-refractivity contribution in [2.75, 3.05) is 19.7 Å². The molecule has 1 saturated heterocycles. The van der Waals surface area contributed by atoms with Gasteiger partial charge in [0.25, 0.3) is 0 Å². The van der Waals surface area contributed by atoms with Crippen LogP contribution in [0.3, 0.4) is 0 Å². The van der Waals surface area contributed by atoms with Gasteiger partial charge in [-0.25, -0.2) is 0 Å². The van der Waals surface area contributed by atoms with E-state index in [1.807, 2.05) is 12.1 Å². The van der Waals surface area contributed by atoms with Gasteiger partial charge in [-0.1, -0.05) is 6.58 Å². The van der Waals surface area contributed by atoms with Crippen molar-refractivity contribution in [1.82, 2.24) is 10.3 Å². The molecule has 0 atom stereocenters. The Balaban J connectivity index is 1.71. The number of pyridine rings is 1. The molecule has 0 radical (unpaired) electrons. The summed E-state index contributed by atoms with van der Waals surface area (Å²) >= 11 is 0. The van der Waals surface area contributed by atoms with Crippen LogP contribution in [0, 0.1) is 5.92 Å². The fraction of sp³-hybridized carbons (Fsp3) is 0.500. The van der Waals surface area contributed by atoms with E-state index in [0.29, 0.717) is 0 Å². The molecule has 0 aromatic carbocycles. The zero-order chi connectivity index (χ0) is 11.9. The van der Waals surface area contributed by atoms with E-state index >= 15 is 0 Å². The predicted molar refractivity (Wildman–Crippen MR) is 70.0 cm³/mol. The Bertz CT molecular complexity index is 342. The second-order valence-corrected chi connectivity index (χ2v) is 4.45. The van der Waals surface area contributed by atoms with Gasteiger partial charge in [0.15, 0.2) is 0 Å². The van der Waals surface area contributed by atoms with Crippen molar-refractivity contribution < 1.29 is 4.74 Å². The first-order valence-corrected chi connectivity index (χ1v) is 6.30. The minimum Gasteiger partial charge on any atom is -0.492 e. The van der Waals surface area contributed by atoms with E-state index in [0.717, 1.165) is 43.5 Å². The van der Waals surface area contributed by atoms with Crippen molar-refractivity contribution in [2.45, 2.75) is 19.3 Å². The van der Waals surface area contributed by atoms with Crippen LogP contribution in [0.25, 0.3) is 6.08 Å². The van der Waals surface area contributed by atoms with Crippen molar-refractivity contribution in [3.05, 3.63) is 30.6 Å². The van der Waals surface area contributed by atoms with Crippen molar-refractivity contribution in [3.8, 4) is 5.75 Å². The van der Waals surface area contributed by atoms with E-state index in [2.05, 4.69) is 16.9 Å². The average Bonchev–Trinajstić information content (AvgIpc) is 2.41. The maximum atomic E-state index is 5.69. The van der Waals surface area contributed by atoms with Crippen molar-refractivity contribution in [1.29, 1.82) is 0 Å². The Hall–Kier alpha value is -1.35. The summed E-state index contributed by atoms with van der Waals surface area (Å²) in [5.74, 6) is 1.67. The molecule has 92 valence electrons. The lowest BCUT2D eigenvalue weighted by Gasteiger charge is -2.22. The largest absolute Gasteiger partial charge is 0.492 e. The van der Waals surface area contributed by atoms with Gasteiger partial charge in [-0.15, -0.1) is 0 Å². The van der Waals surface area contributed by atoms with Crippen LogP contribution in [0.4, 0.5) is 0 Å². The third-order valence-corrected chi connectivity index (χ3v) is 3.22. The summed E-state index contributed by atoms with van der Waals surface area (Å²) in [7, 11) is 0. The molecule has 1 aromatic rings. The number of hydrogen-bond donors (Lipinski definition) is 1. The van der Waals surface area contributed by atoms with Crippen LogP contribution in [-0.2, 0) is 0 Å². The summed E-state index contributed by atoms with van der Waals surface area (Å²) in [6.45, 7) is 6.77. The SMILES string of the molecule is C=Cc1ccc(OCCC2CCNCC2)cn1. The third kappa shape index (κ3) is 3.86. The summed E-state index contributed by atoms with van der Waals surface area (Å²) in [4.78, 5) is 4.21. The molecular weight excluding hydrogens is 212 g/mol. The van der Waals surface area contributed by atoms with Gasteiger partial charge in [0.05, 0.1) is 18.5 Å². The third-order valence-electron chi connectivity index (χ3n) is 3.22. The van der Waals surface area contributed by atoms with E-state index in [1.54, 1.807) is 12.3 Å². The second-order valence-electron chi connectivity index (χ2n) is 4.45. The van der Waals surface area contributed by atoms with Crippen molar-refractivity contribution in [3.63, 3.8) is 0 Å². The van der Waals surface area contributed by atoms with Crippen LogP contribution in [-0.4, -0.2) is 24.7 Å². The molecule has 0 unspecified atom stereocenters. The van der Waals surface area contributed by atoms with Gasteiger partial charge >= 0.3 is 0 Å². The lowest BCUT2D eigenvalue weighted by atomic mass is 9.95. The Morgan fingerprint density at radius 1 is 1.41 bits per heavy atom. The van der Waals surface area contributed by atoms with E-state index in [-0.39, 0.29) is 0 Å². The molecule has 3 nitrogen and oxygen atoms in total. The zero-order valence-electron chi connectivity index (χ0n) is 10.2. The lowest BCUT2D eigenvalue weighted by Crippen LogP contribution is -2.28. The van der Waals surface area contributed by atoms with Gasteiger partial charge in [-0.3, -0.25) is 4.98 Å². The Morgan fingerprint density at radius 3 is 2.88 bits per heavy atom. The molecular formula is C14H20N2O. The lowest BCUT2D eigenvalue weighted by molar-refractivity contribution is 0.251. The fourth-order valence-corrected chi connectivity index (χ4v) is 2.11. The van der Waals surface area contributed by atoms with Gasteiger partial charge in [-0.2, -0.15) is 0 Å². The van der Waals surface area contributed by atoms with E-state index in [1.165, 1.54) is 12.8 Å². The van der Waals surface area contributed by atoms with Crippen molar-refractivity contribution >= 4 is 6.08 Å². The predicted octanol–water partition coefficient (Wildman–Crippen LogP) is 2.49. The van der Waals surface area contributed by atoms with E-state index < -0.39 is 0 Å². The average molecular weight is 232 g/mol. The highest BCUT2D eigenvalue weighted by atomic mass is 16.5. The first-order valence-electron chi connectivity index (χ1n) is 6.30. The molecule has 17 heavy (non-hydrogen) atoms. The Labute approximate surface area is 103 Å². The molecule has 2 rings (SSSR count). The van der Waals surface area contributed by atoms with E-state index in [9.17, 15) is 0 Å². The number of aromatic nitrogens is 1. The quantitative estimate of drug-likeness (QED) is 0.847. The van der Waals surface area contributed by atoms with Crippen LogP contribution < -0.4 is 10.1 Å². The van der Waals surface area contributed by atoms with Crippen LogP contribution >= 0.6 is 0 Å². The molecule has 2 heterocycles. The van der Waals surface area contributed by atoms with E-state index in [4.69, 9.17) is 4.74 Å². The minimum atomic E-state index is 0.791. The summed E-state index contributed by atoms with van der Waals surface area (Å²) < 4.78 is 5.69. The number of hydrogen-bond acceptors (Lipinski definition) is 3. The number of nitrogens with zero attached hydrogens (tertiary/aromatic N) is 1. The van der Waals surface area contributed by atoms with Gasteiger partial charge in [0, 0.05) is 0 Å². The molecule has 0 amide bonds.